The molecule has 0 unspecified atom stereocenters. The maximum Gasteiger partial charge on any atom is 0.137 e. The first-order valence-electron chi connectivity index (χ1n) is 5.92. The minimum Gasteiger partial charge on any atom is -0.370 e. The predicted molar refractivity (Wildman–Crippen MR) is 69.1 cm³/mol. The van der Waals surface area contributed by atoms with Crippen LogP contribution in [0, 0.1) is 0 Å². The van der Waals surface area contributed by atoms with E-state index in [1.165, 1.54) is 5.56 Å². The van der Waals surface area contributed by atoms with Crippen LogP contribution in [0.5, 0.6) is 0 Å². The Balaban J connectivity index is 3.12. The lowest BCUT2D eigenvalue weighted by atomic mass is 10.2. The maximum absolute atomic E-state index is 4.39. The van der Waals surface area contributed by atoms with Gasteiger partial charge >= 0.3 is 0 Å². The highest BCUT2D eigenvalue weighted by Crippen LogP contribution is 2.24. The molecular weight excluding hydrogens is 200 g/mol. The van der Waals surface area contributed by atoms with Crippen LogP contribution in [-0.2, 0) is 6.42 Å². The van der Waals surface area contributed by atoms with Crippen molar-refractivity contribution in [2.45, 2.75) is 40.2 Å². The maximum atomic E-state index is 4.39. The summed E-state index contributed by atoms with van der Waals surface area (Å²) in [5.41, 5.74) is 1.19. The van der Waals surface area contributed by atoms with Gasteiger partial charge in [-0.15, -0.1) is 0 Å². The third-order valence-electron chi connectivity index (χ3n) is 2.73. The zero-order valence-electron chi connectivity index (χ0n) is 10.9. The molecule has 16 heavy (non-hydrogen) atoms. The highest BCUT2D eigenvalue weighted by atomic mass is 15.2. The molecule has 1 aromatic rings. The summed E-state index contributed by atoms with van der Waals surface area (Å²) in [7, 11) is 2.07. The molecule has 0 radical (unpaired) electrons. The van der Waals surface area contributed by atoms with E-state index < -0.39 is 0 Å². The van der Waals surface area contributed by atoms with Crippen molar-refractivity contribution in [3.05, 3.63) is 11.9 Å². The number of hydrogen-bond acceptors (Lipinski definition) is 4. The van der Waals surface area contributed by atoms with Crippen LogP contribution in [0.15, 0.2) is 6.33 Å². The van der Waals surface area contributed by atoms with E-state index in [0.717, 1.165) is 24.6 Å². The van der Waals surface area contributed by atoms with Crippen LogP contribution in [0.4, 0.5) is 11.6 Å². The molecule has 0 amide bonds. The Morgan fingerprint density at radius 1 is 1.31 bits per heavy atom. The van der Waals surface area contributed by atoms with Gasteiger partial charge in [0.15, 0.2) is 0 Å². The van der Waals surface area contributed by atoms with E-state index in [9.17, 15) is 0 Å². The molecule has 4 nitrogen and oxygen atoms in total. The molecule has 0 saturated carbocycles. The number of hydrogen-bond donors (Lipinski definition) is 1. The number of nitrogens with zero attached hydrogens (tertiary/aromatic N) is 3. The average molecular weight is 222 g/mol. The summed E-state index contributed by atoms with van der Waals surface area (Å²) < 4.78 is 0. The second kappa shape index (κ2) is 5.68. The van der Waals surface area contributed by atoms with Gasteiger partial charge in [0, 0.05) is 25.2 Å². The lowest BCUT2D eigenvalue weighted by Crippen LogP contribution is -2.28. The van der Waals surface area contributed by atoms with Gasteiger partial charge in [0.25, 0.3) is 0 Å². The minimum atomic E-state index is 0.440. The van der Waals surface area contributed by atoms with Crippen LogP contribution in [-0.4, -0.2) is 29.6 Å². The molecule has 1 heterocycles. The van der Waals surface area contributed by atoms with Crippen LogP contribution >= 0.6 is 0 Å². The Morgan fingerprint density at radius 2 is 2.00 bits per heavy atom. The lowest BCUT2D eigenvalue weighted by Gasteiger charge is -2.25. The van der Waals surface area contributed by atoms with Gasteiger partial charge in [-0.3, -0.25) is 0 Å². The minimum absolute atomic E-state index is 0.440. The Bertz CT molecular complexity index is 336. The first-order chi connectivity index (χ1) is 7.61. The molecule has 0 aliphatic rings. The van der Waals surface area contributed by atoms with Gasteiger partial charge in [-0.05, 0) is 27.2 Å². The fraction of sp³-hybridized carbons (Fsp3) is 0.667. The van der Waals surface area contributed by atoms with E-state index >= 15 is 0 Å². The highest BCUT2D eigenvalue weighted by Gasteiger charge is 2.14. The lowest BCUT2D eigenvalue weighted by molar-refractivity contribution is 0.735. The number of rotatable bonds is 5. The second-order valence-electron chi connectivity index (χ2n) is 4.11. The molecular formula is C12H22N4. The standard InChI is InChI=1S/C12H22N4/c1-6-10-11(13-7-2)14-8-15-12(10)16(5)9(3)4/h8-9H,6-7H2,1-5H3,(H,13,14,15). The summed E-state index contributed by atoms with van der Waals surface area (Å²) in [6.45, 7) is 9.42. The van der Waals surface area contributed by atoms with Gasteiger partial charge < -0.3 is 10.2 Å². The van der Waals surface area contributed by atoms with Gasteiger partial charge in [0.2, 0.25) is 0 Å². The molecule has 0 aliphatic heterocycles. The molecule has 0 aromatic carbocycles. The molecule has 0 bridgehead atoms. The van der Waals surface area contributed by atoms with Gasteiger partial charge in [-0.2, -0.15) is 0 Å². The molecule has 1 rings (SSSR count). The van der Waals surface area contributed by atoms with Gasteiger partial charge in [-0.25, -0.2) is 9.97 Å². The van der Waals surface area contributed by atoms with Crippen molar-refractivity contribution in [1.29, 1.82) is 0 Å². The van der Waals surface area contributed by atoms with Crippen molar-refractivity contribution in [3.63, 3.8) is 0 Å². The predicted octanol–water partition coefficient (Wildman–Crippen LogP) is 2.32. The van der Waals surface area contributed by atoms with E-state index in [0.29, 0.717) is 6.04 Å². The van der Waals surface area contributed by atoms with E-state index in [-0.39, 0.29) is 0 Å². The van der Waals surface area contributed by atoms with Crippen molar-refractivity contribution in [2.75, 3.05) is 23.8 Å². The number of nitrogens with one attached hydrogen (secondary N) is 1. The third kappa shape index (κ3) is 2.62. The van der Waals surface area contributed by atoms with Crippen molar-refractivity contribution in [3.8, 4) is 0 Å². The van der Waals surface area contributed by atoms with Crippen molar-refractivity contribution in [1.82, 2.24) is 9.97 Å². The molecule has 1 aromatic heterocycles. The van der Waals surface area contributed by atoms with E-state index in [4.69, 9.17) is 0 Å². The van der Waals surface area contributed by atoms with E-state index in [1.54, 1.807) is 6.33 Å². The second-order valence-corrected chi connectivity index (χ2v) is 4.11. The zero-order chi connectivity index (χ0) is 12.1. The highest BCUT2D eigenvalue weighted by molar-refractivity contribution is 5.58. The molecule has 90 valence electrons. The van der Waals surface area contributed by atoms with Crippen LogP contribution in [0.1, 0.15) is 33.3 Å². The SMILES string of the molecule is CCNc1ncnc(N(C)C(C)C)c1CC. The first kappa shape index (κ1) is 12.7. The van der Waals surface area contributed by atoms with Crippen LogP contribution in [0.25, 0.3) is 0 Å². The summed E-state index contributed by atoms with van der Waals surface area (Å²) in [6.07, 6.45) is 2.57. The summed E-state index contributed by atoms with van der Waals surface area (Å²) in [6, 6.07) is 0.440. The molecule has 1 N–H and O–H groups in total. The van der Waals surface area contributed by atoms with Crippen molar-refractivity contribution >= 4 is 11.6 Å². The summed E-state index contributed by atoms with van der Waals surface area (Å²) in [5.74, 6) is 1.99. The molecule has 0 fully saturated rings. The number of anilines is 2. The Hall–Kier alpha value is -1.32. The third-order valence-corrected chi connectivity index (χ3v) is 2.73. The smallest absolute Gasteiger partial charge is 0.137 e. The van der Waals surface area contributed by atoms with Crippen molar-refractivity contribution < 1.29 is 0 Å². The molecule has 4 heteroatoms. The van der Waals surface area contributed by atoms with E-state index in [1.807, 2.05) is 0 Å². The van der Waals surface area contributed by atoms with E-state index in [2.05, 4.69) is 54.9 Å². The fourth-order valence-corrected chi connectivity index (χ4v) is 1.60. The van der Waals surface area contributed by atoms with Crippen LogP contribution in [0.3, 0.4) is 0 Å². The van der Waals surface area contributed by atoms with Crippen LogP contribution in [0.2, 0.25) is 0 Å². The molecule has 0 saturated heterocycles. The number of aromatic nitrogens is 2. The monoisotopic (exact) mass is 222 g/mol. The largest absolute Gasteiger partial charge is 0.370 e. The summed E-state index contributed by atoms with van der Waals surface area (Å²) >= 11 is 0. The van der Waals surface area contributed by atoms with Gasteiger partial charge in [0.05, 0.1) is 0 Å². The van der Waals surface area contributed by atoms with Gasteiger partial charge in [-0.1, -0.05) is 6.92 Å². The first-order valence-corrected chi connectivity index (χ1v) is 5.92. The molecule has 0 aliphatic carbocycles. The van der Waals surface area contributed by atoms with Crippen LogP contribution < -0.4 is 10.2 Å². The Labute approximate surface area is 98.1 Å². The Morgan fingerprint density at radius 3 is 2.50 bits per heavy atom. The molecule has 0 spiro atoms. The fourth-order valence-electron chi connectivity index (χ4n) is 1.60. The van der Waals surface area contributed by atoms with Gasteiger partial charge in [0.1, 0.15) is 18.0 Å². The Kier molecular flexibility index (Phi) is 4.52. The van der Waals surface area contributed by atoms with Crippen molar-refractivity contribution in [2.24, 2.45) is 0 Å². The molecule has 0 atom stereocenters. The zero-order valence-corrected chi connectivity index (χ0v) is 10.9. The summed E-state index contributed by atoms with van der Waals surface area (Å²) in [4.78, 5) is 10.9. The quantitative estimate of drug-likeness (QED) is 0.830. The summed E-state index contributed by atoms with van der Waals surface area (Å²) in [5, 5.41) is 3.28. The normalized spacial score (nSPS) is 10.6. The topological polar surface area (TPSA) is 41.1 Å². The average Bonchev–Trinajstić information content (AvgIpc) is 2.28.